The second-order valence-corrected chi connectivity index (χ2v) is 5.39. The number of oxazole rings is 1. The van der Waals surface area contributed by atoms with E-state index < -0.39 is 0 Å². The van der Waals surface area contributed by atoms with Gasteiger partial charge in [-0.2, -0.15) is 0 Å². The molecule has 2 aromatic rings. The number of carbonyl (C=O) groups excluding carboxylic acids is 1. The Bertz CT molecular complexity index is 596. The molecule has 0 spiro atoms. The largest absolute Gasteiger partial charge is 0.437 e. The van der Waals surface area contributed by atoms with Gasteiger partial charge in [-0.15, -0.1) is 0 Å². The molecule has 2 N–H and O–H groups in total. The molecule has 0 aliphatic heterocycles. The third-order valence-electron chi connectivity index (χ3n) is 2.86. The number of aliphatic hydroxyl groups is 1. The summed E-state index contributed by atoms with van der Waals surface area (Å²) < 4.78 is 5.47. The molecular weight excluding hydrogens is 256 g/mol. The lowest BCUT2D eigenvalue weighted by Crippen LogP contribution is -2.35. The van der Waals surface area contributed by atoms with Gasteiger partial charge >= 0.3 is 0 Å². The number of aromatic nitrogens is 1. The fourth-order valence-electron chi connectivity index (χ4n) is 1.55. The number of aliphatic hydroxyl groups excluding tert-OH is 1. The van der Waals surface area contributed by atoms with Gasteiger partial charge in [-0.3, -0.25) is 4.79 Å². The topological polar surface area (TPSA) is 75.4 Å². The summed E-state index contributed by atoms with van der Waals surface area (Å²) in [4.78, 5) is 15.9. The first-order valence-electron chi connectivity index (χ1n) is 6.42. The van der Waals surface area contributed by atoms with Gasteiger partial charge in [0.2, 0.25) is 11.8 Å². The Hall–Kier alpha value is -2.14. The van der Waals surface area contributed by atoms with E-state index in [9.17, 15) is 4.79 Å². The first-order chi connectivity index (χ1) is 9.50. The molecule has 20 heavy (non-hydrogen) atoms. The van der Waals surface area contributed by atoms with Crippen molar-refractivity contribution in [2.75, 3.05) is 13.2 Å². The van der Waals surface area contributed by atoms with Crippen molar-refractivity contribution in [1.82, 2.24) is 10.3 Å². The summed E-state index contributed by atoms with van der Waals surface area (Å²) in [7, 11) is 0. The van der Waals surface area contributed by atoms with Gasteiger partial charge in [-0.25, -0.2) is 4.98 Å². The van der Waals surface area contributed by atoms with E-state index in [0.717, 1.165) is 5.52 Å². The zero-order chi connectivity index (χ0) is 14.6. The van der Waals surface area contributed by atoms with Gasteiger partial charge in [0.15, 0.2) is 5.58 Å². The van der Waals surface area contributed by atoms with Crippen molar-refractivity contribution in [2.24, 2.45) is 5.41 Å². The van der Waals surface area contributed by atoms with Crippen molar-refractivity contribution < 1.29 is 14.3 Å². The average Bonchev–Trinajstić information content (AvgIpc) is 2.86. The van der Waals surface area contributed by atoms with E-state index >= 15 is 0 Å². The third-order valence-corrected chi connectivity index (χ3v) is 2.86. The van der Waals surface area contributed by atoms with Crippen LogP contribution in [0.25, 0.3) is 17.2 Å². The molecule has 0 aliphatic rings. The minimum atomic E-state index is -0.332. The first-order valence-corrected chi connectivity index (χ1v) is 6.42. The molecule has 1 amide bonds. The quantitative estimate of drug-likeness (QED) is 0.817. The highest BCUT2D eigenvalue weighted by Crippen LogP contribution is 2.15. The van der Waals surface area contributed by atoms with Gasteiger partial charge in [0.25, 0.3) is 0 Å². The normalized spacial score (nSPS) is 12.2. The van der Waals surface area contributed by atoms with Crippen LogP contribution in [0.4, 0.5) is 0 Å². The number of hydrogen-bond acceptors (Lipinski definition) is 4. The lowest BCUT2D eigenvalue weighted by atomic mass is 9.95. The molecule has 0 fully saturated rings. The van der Waals surface area contributed by atoms with E-state index in [1.807, 2.05) is 38.1 Å². The molecule has 5 heteroatoms. The van der Waals surface area contributed by atoms with Crippen LogP contribution in [0, 0.1) is 5.41 Å². The van der Waals surface area contributed by atoms with Crippen molar-refractivity contribution in [2.45, 2.75) is 13.8 Å². The van der Waals surface area contributed by atoms with E-state index in [-0.39, 0.29) is 17.9 Å². The monoisotopic (exact) mass is 274 g/mol. The minimum absolute atomic E-state index is 0.0160. The smallest absolute Gasteiger partial charge is 0.244 e. The van der Waals surface area contributed by atoms with Gasteiger partial charge < -0.3 is 14.8 Å². The molecule has 0 aliphatic carbocycles. The van der Waals surface area contributed by atoms with Crippen molar-refractivity contribution in [3.8, 4) is 0 Å². The Kier molecular flexibility index (Phi) is 4.20. The SMILES string of the molecule is CC(C)(CO)CNC(=O)/C=C/c1nc2ccccc2o1. The minimum Gasteiger partial charge on any atom is -0.437 e. The maximum Gasteiger partial charge on any atom is 0.244 e. The summed E-state index contributed by atoms with van der Waals surface area (Å²) in [6.07, 6.45) is 2.90. The van der Waals surface area contributed by atoms with Crippen LogP contribution in [0.1, 0.15) is 19.7 Å². The van der Waals surface area contributed by atoms with Crippen molar-refractivity contribution >= 4 is 23.1 Å². The summed E-state index contributed by atoms with van der Waals surface area (Å²) in [6, 6.07) is 7.41. The summed E-state index contributed by atoms with van der Waals surface area (Å²) >= 11 is 0. The van der Waals surface area contributed by atoms with Gasteiger partial charge in [0.05, 0.1) is 0 Å². The number of benzene rings is 1. The number of carbonyl (C=O) groups is 1. The third kappa shape index (κ3) is 3.68. The molecule has 0 saturated heterocycles. The Morgan fingerprint density at radius 3 is 2.90 bits per heavy atom. The number of fused-ring (bicyclic) bond motifs is 1. The number of nitrogens with one attached hydrogen (secondary N) is 1. The molecular formula is C15H18N2O3. The standard InChI is InChI=1S/C15H18N2O3/c1-15(2,10-18)9-16-13(19)7-8-14-17-11-5-3-4-6-12(11)20-14/h3-8,18H,9-10H2,1-2H3,(H,16,19)/b8-7+. The zero-order valence-electron chi connectivity index (χ0n) is 11.6. The number of para-hydroxylation sites is 2. The van der Waals surface area contributed by atoms with E-state index in [0.29, 0.717) is 18.0 Å². The molecule has 5 nitrogen and oxygen atoms in total. The van der Waals surface area contributed by atoms with Crippen LogP contribution in [0.5, 0.6) is 0 Å². The Morgan fingerprint density at radius 1 is 1.45 bits per heavy atom. The number of amides is 1. The second kappa shape index (κ2) is 5.88. The van der Waals surface area contributed by atoms with Crippen molar-refractivity contribution in [1.29, 1.82) is 0 Å². The molecule has 106 valence electrons. The van der Waals surface area contributed by atoms with E-state index in [4.69, 9.17) is 9.52 Å². The lowest BCUT2D eigenvalue weighted by molar-refractivity contribution is -0.117. The molecule has 1 aromatic carbocycles. The fourth-order valence-corrected chi connectivity index (χ4v) is 1.55. The van der Waals surface area contributed by atoms with Gasteiger partial charge in [0, 0.05) is 30.7 Å². The summed E-state index contributed by atoms with van der Waals surface area (Å²) in [5.41, 5.74) is 1.11. The van der Waals surface area contributed by atoms with Gasteiger partial charge in [-0.1, -0.05) is 26.0 Å². The maximum atomic E-state index is 11.6. The van der Waals surface area contributed by atoms with Crippen LogP contribution >= 0.6 is 0 Å². The zero-order valence-corrected chi connectivity index (χ0v) is 11.6. The maximum absolute atomic E-state index is 11.6. The molecule has 0 radical (unpaired) electrons. The predicted octanol–water partition coefficient (Wildman–Crippen LogP) is 1.98. The van der Waals surface area contributed by atoms with Crippen molar-refractivity contribution in [3.63, 3.8) is 0 Å². The highest BCUT2D eigenvalue weighted by Gasteiger charge is 2.16. The molecule has 0 saturated carbocycles. The highest BCUT2D eigenvalue weighted by molar-refractivity contribution is 5.91. The van der Waals surface area contributed by atoms with E-state index in [1.165, 1.54) is 12.2 Å². The van der Waals surface area contributed by atoms with Crippen LogP contribution in [0.3, 0.4) is 0 Å². The lowest BCUT2D eigenvalue weighted by Gasteiger charge is -2.21. The average molecular weight is 274 g/mol. The number of nitrogens with zero attached hydrogens (tertiary/aromatic N) is 1. The van der Waals surface area contributed by atoms with E-state index in [2.05, 4.69) is 10.3 Å². The molecule has 0 bridgehead atoms. The van der Waals surface area contributed by atoms with Gasteiger partial charge in [-0.05, 0) is 12.1 Å². The summed E-state index contributed by atoms with van der Waals surface area (Å²) in [6.45, 7) is 4.16. The number of hydrogen-bond donors (Lipinski definition) is 2. The van der Waals surface area contributed by atoms with Crippen LogP contribution in [-0.4, -0.2) is 29.1 Å². The van der Waals surface area contributed by atoms with Crippen LogP contribution < -0.4 is 5.32 Å². The highest BCUT2D eigenvalue weighted by atomic mass is 16.3. The predicted molar refractivity (Wildman–Crippen MR) is 76.9 cm³/mol. The molecule has 0 unspecified atom stereocenters. The second-order valence-electron chi connectivity index (χ2n) is 5.39. The summed E-state index contributed by atoms with van der Waals surface area (Å²) in [5, 5.41) is 11.8. The molecule has 0 atom stereocenters. The van der Waals surface area contributed by atoms with E-state index in [1.54, 1.807) is 0 Å². The summed E-state index contributed by atoms with van der Waals surface area (Å²) in [5.74, 6) is 0.150. The molecule has 1 aromatic heterocycles. The van der Waals surface area contributed by atoms with Gasteiger partial charge in [0.1, 0.15) is 5.52 Å². The number of rotatable bonds is 5. The Morgan fingerprint density at radius 2 is 2.20 bits per heavy atom. The van der Waals surface area contributed by atoms with Crippen LogP contribution in [0.2, 0.25) is 0 Å². The Labute approximate surface area is 117 Å². The molecule has 1 heterocycles. The molecule has 2 rings (SSSR count). The fraction of sp³-hybridized carbons (Fsp3) is 0.333. The van der Waals surface area contributed by atoms with Crippen LogP contribution in [-0.2, 0) is 4.79 Å². The Balaban J connectivity index is 1.96. The first kappa shape index (κ1) is 14.3. The van der Waals surface area contributed by atoms with Crippen molar-refractivity contribution in [3.05, 3.63) is 36.2 Å². The van der Waals surface area contributed by atoms with Crippen LogP contribution in [0.15, 0.2) is 34.8 Å².